The van der Waals surface area contributed by atoms with Crippen molar-refractivity contribution in [2.45, 2.75) is 12.1 Å². The molecule has 0 atom stereocenters. The fraction of sp³-hybridized carbons (Fsp3) is 0.211. The van der Waals surface area contributed by atoms with Gasteiger partial charge in [-0.15, -0.1) is 10.2 Å². The van der Waals surface area contributed by atoms with E-state index >= 15 is 0 Å². The Balaban J connectivity index is 1.65. The van der Waals surface area contributed by atoms with Crippen LogP contribution in [-0.2, 0) is 11.8 Å². The summed E-state index contributed by atoms with van der Waals surface area (Å²) in [6, 6.07) is 12.1. The van der Waals surface area contributed by atoms with Crippen LogP contribution in [-0.4, -0.2) is 33.5 Å². The summed E-state index contributed by atoms with van der Waals surface area (Å²) in [4.78, 5) is 12.2. The molecular formula is C19H19FN4O2S. The molecule has 3 rings (SSSR count). The summed E-state index contributed by atoms with van der Waals surface area (Å²) >= 11 is 1.27. The maximum Gasteiger partial charge on any atom is 0.234 e. The molecular weight excluding hydrogens is 367 g/mol. The van der Waals surface area contributed by atoms with Crippen molar-refractivity contribution in [3.63, 3.8) is 0 Å². The summed E-state index contributed by atoms with van der Waals surface area (Å²) in [6.45, 7) is 1.63. The van der Waals surface area contributed by atoms with E-state index in [9.17, 15) is 9.18 Å². The van der Waals surface area contributed by atoms with E-state index in [0.717, 1.165) is 11.3 Å². The quantitative estimate of drug-likeness (QED) is 0.655. The Morgan fingerprint density at radius 3 is 2.67 bits per heavy atom. The van der Waals surface area contributed by atoms with Crippen molar-refractivity contribution in [1.29, 1.82) is 0 Å². The van der Waals surface area contributed by atoms with Crippen LogP contribution in [0.2, 0.25) is 0 Å². The minimum atomic E-state index is -0.349. The van der Waals surface area contributed by atoms with Crippen LogP contribution in [0.15, 0.2) is 47.6 Å². The summed E-state index contributed by atoms with van der Waals surface area (Å²) in [6.07, 6.45) is 0. The second-order valence-corrected chi connectivity index (χ2v) is 6.79. The lowest BCUT2D eigenvalue weighted by atomic mass is 10.2. The molecule has 0 fully saturated rings. The van der Waals surface area contributed by atoms with E-state index in [0.29, 0.717) is 22.2 Å². The first kappa shape index (κ1) is 18.9. The zero-order chi connectivity index (χ0) is 19.4. The van der Waals surface area contributed by atoms with Crippen molar-refractivity contribution >= 4 is 23.4 Å². The number of benzene rings is 2. The number of amides is 1. The minimum absolute atomic E-state index is 0.143. The Morgan fingerprint density at radius 1 is 1.22 bits per heavy atom. The maximum absolute atomic E-state index is 13.6. The fourth-order valence-corrected chi connectivity index (χ4v) is 3.20. The largest absolute Gasteiger partial charge is 0.497 e. The molecule has 0 aliphatic rings. The van der Waals surface area contributed by atoms with Gasteiger partial charge in [-0.1, -0.05) is 17.8 Å². The number of nitrogens with one attached hydrogen (secondary N) is 1. The average Bonchev–Trinajstić information content (AvgIpc) is 3.04. The number of hydrogen-bond acceptors (Lipinski definition) is 5. The number of ether oxygens (including phenoxy) is 1. The molecule has 3 aromatic rings. The highest BCUT2D eigenvalue weighted by atomic mass is 32.2. The third-order valence-electron chi connectivity index (χ3n) is 4.06. The number of hydrogen-bond donors (Lipinski definition) is 1. The highest BCUT2D eigenvalue weighted by Crippen LogP contribution is 2.25. The first-order chi connectivity index (χ1) is 13.0. The summed E-state index contributed by atoms with van der Waals surface area (Å²) < 4.78 is 20.5. The van der Waals surface area contributed by atoms with Crippen LogP contribution in [0, 0.1) is 12.7 Å². The monoisotopic (exact) mass is 386 g/mol. The van der Waals surface area contributed by atoms with Crippen molar-refractivity contribution in [2.75, 3.05) is 18.2 Å². The van der Waals surface area contributed by atoms with Gasteiger partial charge in [-0.25, -0.2) is 4.39 Å². The predicted octanol–water partition coefficient (Wildman–Crippen LogP) is 3.67. The van der Waals surface area contributed by atoms with E-state index in [1.54, 1.807) is 26.2 Å². The third-order valence-corrected chi connectivity index (χ3v) is 5.08. The van der Waals surface area contributed by atoms with Gasteiger partial charge in [0, 0.05) is 23.9 Å². The molecule has 1 N–H and O–H groups in total. The zero-order valence-corrected chi connectivity index (χ0v) is 16.0. The van der Waals surface area contributed by atoms with Gasteiger partial charge in [0.25, 0.3) is 0 Å². The Kier molecular flexibility index (Phi) is 5.75. The summed E-state index contributed by atoms with van der Waals surface area (Å²) in [7, 11) is 3.46. The van der Waals surface area contributed by atoms with Gasteiger partial charge >= 0.3 is 0 Å². The Labute approximate surface area is 160 Å². The van der Waals surface area contributed by atoms with Crippen LogP contribution in [0.4, 0.5) is 10.1 Å². The van der Waals surface area contributed by atoms with E-state index in [-0.39, 0.29) is 17.5 Å². The van der Waals surface area contributed by atoms with Gasteiger partial charge in [0.2, 0.25) is 5.91 Å². The standard InChI is InChI=1S/C19H19FN4O2S/c1-12-15(20)5-4-6-16(12)21-17(25)11-27-19-23-22-18(24(19)2)13-7-9-14(26-3)10-8-13/h4-10H,11H2,1-3H3,(H,21,25). The average molecular weight is 386 g/mol. The van der Waals surface area contributed by atoms with Crippen LogP contribution in [0.1, 0.15) is 5.56 Å². The van der Waals surface area contributed by atoms with E-state index in [1.807, 2.05) is 35.9 Å². The first-order valence-electron chi connectivity index (χ1n) is 8.21. The lowest BCUT2D eigenvalue weighted by Gasteiger charge is -2.09. The zero-order valence-electron chi connectivity index (χ0n) is 15.2. The van der Waals surface area contributed by atoms with Crippen molar-refractivity contribution < 1.29 is 13.9 Å². The van der Waals surface area contributed by atoms with Gasteiger partial charge in [0.15, 0.2) is 11.0 Å². The molecule has 0 unspecified atom stereocenters. The molecule has 0 saturated heterocycles. The molecule has 1 aromatic heterocycles. The van der Waals surface area contributed by atoms with E-state index < -0.39 is 0 Å². The Morgan fingerprint density at radius 2 is 1.96 bits per heavy atom. The molecule has 0 saturated carbocycles. The lowest BCUT2D eigenvalue weighted by Crippen LogP contribution is -2.15. The number of carbonyl (C=O) groups is 1. The number of aromatic nitrogens is 3. The van der Waals surface area contributed by atoms with Crippen LogP contribution < -0.4 is 10.1 Å². The number of anilines is 1. The van der Waals surface area contributed by atoms with Gasteiger partial charge in [-0.05, 0) is 43.3 Å². The topological polar surface area (TPSA) is 69.0 Å². The second kappa shape index (κ2) is 8.22. The number of halogens is 1. The highest BCUT2D eigenvalue weighted by molar-refractivity contribution is 7.99. The lowest BCUT2D eigenvalue weighted by molar-refractivity contribution is -0.113. The summed E-state index contributed by atoms with van der Waals surface area (Å²) in [5, 5.41) is 11.7. The van der Waals surface area contributed by atoms with Gasteiger partial charge < -0.3 is 14.6 Å². The molecule has 2 aromatic carbocycles. The van der Waals surface area contributed by atoms with E-state index in [2.05, 4.69) is 15.5 Å². The molecule has 8 heteroatoms. The predicted molar refractivity (Wildman–Crippen MR) is 103 cm³/mol. The number of nitrogens with zero attached hydrogens (tertiary/aromatic N) is 3. The second-order valence-electron chi connectivity index (χ2n) is 5.84. The fourth-order valence-electron chi connectivity index (χ4n) is 2.49. The van der Waals surface area contributed by atoms with Crippen molar-refractivity contribution in [2.24, 2.45) is 7.05 Å². The molecule has 27 heavy (non-hydrogen) atoms. The molecule has 0 aliphatic heterocycles. The Bertz CT molecular complexity index is 957. The molecule has 1 heterocycles. The molecule has 0 spiro atoms. The van der Waals surface area contributed by atoms with Crippen molar-refractivity contribution in [3.05, 3.63) is 53.8 Å². The molecule has 1 amide bonds. The van der Waals surface area contributed by atoms with Crippen LogP contribution in [0.3, 0.4) is 0 Å². The van der Waals surface area contributed by atoms with E-state index in [1.165, 1.54) is 17.8 Å². The molecule has 140 valence electrons. The first-order valence-corrected chi connectivity index (χ1v) is 9.19. The van der Waals surface area contributed by atoms with Crippen LogP contribution in [0.25, 0.3) is 11.4 Å². The molecule has 0 radical (unpaired) electrons. The summed E-state index contributed by atoms with van der Waals surface area (Å²) in [5.41, 5.74) is 1.78. The van der Waals surface area contributed by atoms with Gasteiger partial charge in [-0.2, -0.15) is 0 Å². The van der Waals surface area contributed by atoms with E-state index in [4.69, 9.17) is 4.74 Å². The maximum atomic E-state index is 13.6. The number of carbonyl (C=O) groups excluding carboxylic acids is 1. The normalized spacial score (nSPS) is 10.7. The number of methoxy groups -OCH3 is 1. The van der Waals surface area contributed by atoms with Gasteiger partial charge in [0.1, 0.15) is 11.6 Å². The van der Waals surface area contributed by atoms with Crippen LogP contribution >= 0.6 is 11.8 Å². The van der Waals surface area contributed by atoms with Crippen molar-refractivity contribution in [3.8, 4) is 17.1 Å². The SMILES string of the molecule is COc1ccc(-c2nnc(SCC(=O)Nc3cccc(F)c3C)n2C)cc1. The van der Waals surface area contributed by atoms with Crippen molar-refractivity contribution in [1.82, 2.24) is 14.8 Å². The van der Waals surface area contributed by atoms with Crippen LogP contribution in [0.5, 0.6) is 5.75 Å². The smallest absolute Gasteiger partial charge is 0.234 e. The number of thioether (sulfide) groups is 1. The van der Waals surface area contributed by atoms with Gasteiger partial charge in [0.05, 0.1) is 12.9 Å². The summed E-state index contributed by atoms with van der Waals surface area (Å²) in [5.74, 6) is 1.02. The third kappa shape index (κ3) is 4.28. The minimum Gasteiger partial charge on any atom is -0.497 e. The molecule has 6 nitrogen and oxygen atoms in total. The molecule has 0 aliphatic carbocycles. The van der Waals surface area contributed by atoms with Gasteiger partial charge in [-0.3, -0.25) is 4.79 Å². The highest BCUT2D eigenvalue weighted by Gasteiger charge is 2.14. The molecule has 0 bridgehead atoms. The Hall–Kier alpha value is -2.87. The number of rotatable bonds is 6.